The molecule has 0 saturated carbocycles. The fourth-order valence-electron chi connectivity index (χ4n) is 2.71. The molecule has 3 rings (SSSR count). The molecule has 1 heterocycles. The average molecular weight is 359 g/mol. The number of carbonyl (C=O) groups is 2. The van der Waals surface area contributed by atoms with Crippen molar-refractivity contribution in [1.29, 1.82) is 0 Å². The van der Waals surface area contributed by atoms with Crippen molar-refractivity contribution in [3.63, 3.8) is 0 Å². The van der Waals surface area contributed by atoms with E-state index in [-0.39, 0.29) is 10.8 Å². The average Bonchev–Trinajstić information content (AvgIpc) is 3.04. The number of rotatable bonds is 4. The lowest BCUT2D eigenvalue weighted by atomic mass is 10.2. The van der Waals surface area contributed by atoms with Crippen LogP contribution in [0.2, 0.25) is 0 Å². The Kier molecular flexibility index (Phi) is 4.56. The number of hydrazine groups is 1. The third-order valence-electron chi connectivity index (χ3n) is 3.97. The Balaban J connectivity index is 1.75. The number of carbonyl (C=O) groups excluding carboxylic acids is 2. The van der Waals surface area contributed by atoms with Crippen molar-refractivity contribution in [1.82, 2.24) is 10.3 Å². The van der Waals surface area contributed by atoms with Crippen LogP contribution in [0.5, 0.6) is 0 Å². The smallest absolute Gasteiger partial charge is 0.266 e. The maximum atomic E-state index is 12.4. The molecule has 0 unspecified atom stereocenters. The topological polar surface area (TPSA) is 95.6 Å². The monoisotopic (exact) mass is 359 g/mol. The van der Waals surface area contributed by atoms with E-state index in [1.54, 1.807) is 41.3 Å². The molecule has 0 radical (unpaired) electrons. The third-order valence-corrected chi connectivity index (χ3v) is 5.22. The van der Waals surface area contributed by atoms with Crippen molar-refractivity contribution in [3.05, 3.63) is 59.7 Å². The van der Waals surface area contributed by atoms with Gasteiger partial charge in [0.05, 0.1) is 4.90 Å². The van der Waals surface area contributed by atoms with Gasteiger partial charge in [-0.05, 0) is 42.3 Å². The van der Waals surface area contributed by atoms with Gasteiger partial charge in [-0.3, -0.25) is 15.0 Å². The molecule has 0 saturated heterocycles. The van der Waals surface area contributed by atoms with E-state index in [2.05, 4.69) is 10.3 Å². The molecule has 0 spiro atoms. The van der Waals surface area contributed by atoms with E-state index in [1.165, 1.54) is 19.1 Å². The quantitative estimate of drug-likeness (QED) is 0.803. The number of nitrogens with one attached hydrogen (secondary N) is 2. The molecule has 0 fully saturated rings. The molecule has 7 nitrogen and oxygen atoms in total. The zero-order chi connectivity index (χ0) is 18.0. The highest BCUT2D eigenvalue weighted by atomic mass is 32.2. The van der Waals surface area contributed by atoms with E-state index < -0.39 is 15.9 Å². The SMILES string of the molecule is CC(=O)N1CCc2cc(S(=O)(=O)NNC(=O)c3ccccc3)ccc21. The van der Waals surface area contributed by atoms with Crippen LogP contribution in [0.25, 0.3) is 0 Å². The second-order valence-electron chi connectivity index (χ2n) is 5.64. The highest BCUT2D eigenvalue weighted by Crippen LogP contribution is 2.30. The summed E-state index contributed by atoms with van der Waals surface area (Å²) >= 11 is 0. The summed E-state index contributed by atoms with van der Waals surface area (Å²) in [7, 11) is -3.91. The summed E-state index contributed by atoms with van der Waals surface area (Å²) in [6.07, 6.45) is 0.592. The summed E-state index contributed by atoms with van der Waals surface area (Å²) in [6, 6.07) is 12.8. The first-order valence-electron chi connectivity index (χ1n) is 7.67. The summed E-state index contributed by atoms with van der Waals surface area (Å²) in [5, 5.41) is 0. The van der Waals surface area contributed by atoms with Crippen molar-refractivity contribution in [2.45, 2.75) is 18.2 Å². The molecular weight excluding hydrogens is 342 g/mol. The highest BCUT2D eigenvalue weighted by Gasteiger charge is 2.25. The van der Waals surface area contributed by atoms with Gasteiger partial charge in [0.1, 0.15) is 0 Å². The van der Waals surface area contributed by atoms with Gasteiger partial charge < -0.3 is 4.90 Å². The normalized spacial score (nSPS) is 13.4. The maximum Gasteiger partial charge on any atom is 0.266 e. The molecule has 8 heteroatoms. The number of anilines is 1. The van der Waals surface area contributed by atoms with Crippen LogP contribution in [0.15, 0.2) is 53.4 Å². The predicted octanol–water partition coefficient (Wildman–Crippen LogP) is 1.22. The second-order valence-corrected chi connectivity index (χ2v) is 7.32. The third kappa shape index (κ3) is 3.54. The number of nitrogens with zero attached hydrogens (tertiary/aromatic N) is 1. The molecule has 25 heavy (non-hydrogen) atoms. The second kappa shape index (κ2) is 6.66. The van der Waals surface area contributed by atoms with Crippen LogP contribution < -0.4 is 15.2 Å². The van der Waals surface area contributed by atoms with Crippen LogP contribution in [-0.4, -0.2) is 26.8 Å². The number of sulfonamides is 1. The highest BCUT2D eigenvalue weighted by molar-refractivity contribution is 7.89. The van der Waals surface area contributed by atoms with E-state index in [9.17, 15) is 18.0 Å². The first-order chi connectivity index (χ1) is 11.9. The molecule has 130 valence electrons. The zero-order valence-electron chi connectivity index (χ0n) is 13.5. The summed E-state index contributed by atoms with van der Waals surface area (Å²) in [6.45, 7) is 2.01. The molecule has 2 N–H and O–H groups in total. The Morgan fingerprint density at radius 3 is 2.48 bits per heavy atom. The Labute approximate surface area is 145 Å². The minimum absolute atomic E-state index is 0.0324. The van der Waals surface area contributed by atoms with Gasteiger partial charge in [0.2, 0.25) is 5.91 Å². The standard InChI is InChI=1S/C17H17N3O4S/c1-12(21)20-10-9-14-11-15(7-8-16(14)20)25(23,24)19-18-17(22)13-5-3-2-4-6-13/h2-8,11,19H,9-10H2,1H3,(H,18,22). The van der Waals surface area contributed by atoms with Crippen LogP contribution in [0.4, 0.5) is 5.69 Å². The van der Waals surface area contributed by atoms with Gasteiger partial charge in [-0.15, -0.1) is 4.83 Å². The zero-order valence-corrected chi connectivity index (χ0v) is 14.3. The summed E-state index contributed by atoms with van der Waals surface area (Å²) in [5.74, 6) is -0.629. The number of fused-ring (bicyclic) bond motifs is 1. The van der Waals surface area contributed by atoms with E-state index in [0.717, 1.165) is 11.3 Å². The summed E-state index contributed by atoms with van der Waals surface area (Å²) in [5.41, 5.74) is 4.04. The van der Waals surface area contributed by atoms with Gasteiger partial charge in [0.25, 0.3) is 15.9 Å². The van der Waals surface area contributed by atoms with Gasteiger partial charge in [-0.25, -0.2) is 8.42 Å². The van der Waals surface area contributed by atoms with E-state index >= 15 is 0 Å². The first-order valence-corrected chi connectivity index (χ1v) is 9.15. The van der Waals surface area contributed by atoms with E-state index in [0.29, 0.717) is 18.5 Å². The molecule has 1 aliphatic heterocycles. The van der Waals surface area contributed by atoms with Gasteiger partial charge in [-0.2, -0.15) is 0 Å². The number of amides is 2. The van der Waals surface area contributed by atoms with Gasteiger partial charge in [0, 0.05) is 24.7 Å². The lowest BCUT2D eigenvalue weighted by Gasteiger charge is -2.15. The molecule has 2 aromatic rings. The lowest BCUT2D eigenvalue weighted by molar-refractivity contribution is -0.116. The Bertz CT molecular complexity index is 926. The van der Waals surface area contributed by atoms with Crippen molar-refractivity contribution >= 4 is 27.5 Å². The van der Waals surface area contributed by atoms with Crippen molar-refractivity contribution in [2.24, 2.45) is 0 Å². The van der Waals surface area contributed by atoms with Gasteiger partial charge in [0.15, 0.2) is 0 Å². The fraction of sp³-hybridized carbons (Fsp3) is 0.176. The minimum atomic E-state index is -3.91. The maximum absolute atomic E-state index is 12.4. The van der Waals surface area contributed by atoms with Crippen molar-refractivity contribution in [3.8, 4) is 0 Å². The Morgan fingerprint density at radius 2 is 1.80 bits per heavy atom. The molecule has 0 bridgehead atoms. The molecule has 0 atom stereocenters. The fourth-order valence-corrected chi connectivity index (χ4v) is 3.60. The first kappa shape index (κ1) is 17.1. The number of benzene rings is 2. The largest absolute Gasteiger partial charge is 0.312 e. The van der Waals surface area contributed by atoms with Gasteiger partial charge >= 0.3 is 0 Å². The van der Waals surface area contributed by atoms with Crippen LogP contribution in [0.3, 0.4) is 0 Å². The Morgan fingerprint density at radius 1 is 1.08 bits per heavy atom. The molecule has 0 aromatic heterocycles. The van der Waals surface area contributed by atoms with Crippen LogP contribution >= 0.6 is 0 Å². The molecule has 1 aliphatic rings. The molecular formula is C17H17N3O4S. The minimum Gasteiger partial charge on any atom is -0.312 e. The van der Waals surface area contributed by atoms with E-state index in [1.807, 2.05) is 0 Å². The molecule has 0 aliphatic carbocycles. The Hall–Kier alpha value is -2.71. The van der Waals surface area contributed by atoms with Crippen molar-refractivity contribution < 1.29 is 18.0 Å². The van der Waals surface area contributed by atoms with Gasteiger partial charge in [-0.1, -0.05) is 18.2 Å². The summed E-state index contributed by atoms with van der Waals surface area (Å²) in [4.78, 5) is 27.2. The molecule has 2 amide bonds. The lowest BCUT2D eigenvalue weighted by Crippen LogP contribution is -2.41. The number of hydrogen-bond donors (Lipinski definition) is 2. The van der Waals surface area contributed by atoms with Crippen molar-refractivity contribution in [2.75, 3.05) is 11.4 Å². The van der Waals surface area contributed by atoms with Crippen LogP contribution in [0.1, 0.15) is 22.8 Å². The summed E-state index contributed by atoms with van der Waals surface area (Å²) < 4.78 is 24.8. The number of hydrogen-bond acceptors (Lipinski definition) is 4. The molecule has 2 aromatic carbocycles. The van der Waals surface area contributed by atoms with E-state index in [4.69, 9.17) is 0 Å². The van der Waals surface area contributed by atoms with Crippen LogP contribution in [0, 0.1) is 0 Å². The van der Waals surface area contributed by atoms with Crippen LogP contribution in [-0.2, 0) is 21.2 Å². The predicted molar refractivity (Wildman–Crippen MR) is 92.4 cm³/mol.